The maximum atomic E-state index is 13.6. The number of carbonyl (C=O) groups is 7. The summed E-state index contributed by atoms with van der Waals surface area (Å²) in [6.07, 6.45) is 13.1. The topological polar surface area (TPSA) is 320 Å². The van der Waals surface area contributed by atoms with E-state index >= 15 is 0 Å². The molecule has 2 aliphatic heterocycles. The highest BCUT2D eigenvalue weighted by Crippen LogP contribution is 2.72. The first-order valence-electron chi connectivity index (χ1n) is 33.8. The lowest BCUT2D eigenvalue weighted by Crippen LogP contribution is -2.64. The molecule has 25 nitrogen and oxygen atoms in total. The van der Waals surface area contributed by atoms with Crippen LogP contribution in [0.5, 0.6) is 0 Å². The summed E-state index contributed by atoms with van der Waals surface area (Å²) in [5.74, 6) is -1.76. The minimum Gasteiger partial charge on any atom is -0.476 e. The highest BCUT2D eigenvalue weighted by molar-refractivity contribution is 7.22. The number of pyridine rings is 1. The monoisotopic (exact) mass is 1350 g/mol. The largest absolute Gasteiger partial charge is 0.476 e. The molecule has 6 aliphatic rings. The number of nitrogens with two attached hydrogens (primary N) is 1. The van der Waals surface area contributed by atoms with Gasteiger partial charge >= 0.3 is 12.0 Å². The van der Waals surface area contributed by atoms with Crippen molar-refractivity contribution < 1.29 is 52.6 Å². The number of hydrogen-bond acceptors (Lipinski definition) is 17. The molecule has 12 rings (SSSR count). The van der Waals surface area contributed by atoms with E-state index in [0.717, 1.165) is 113 Å². The molecule has 2 unspecified atom stereocenters. The van der Waals surface area contributed by atoms with Crippen molar-refractivity contribution >= 4 is 91.4 Å². The van der Waals surface area contributed by atoms with Gasteiger partial charge in [-0.05, 0) is 143 Å². The van der Waals surface area contributed by atoms with Crippen molar-refractivity contribution in [3.05, 3.63) is 107 Å². The van der Waals surface area contributed by atoms with Gasteiger partial charge in [0.1, 0.15) is 24.9 Å². The fourth-order valence-corrected chi connectivity index (χ4v) is 17.5. The van der Waals surface area contributed by atoms with Crippen LogP contribution in [0.2, 0.25) is 0 Å². The Bertz CT molecular complexity index is 3930. The lowest BCUT2D eigenvalue weighted by molar-refractivity contribution is -0.904. The normalized spacial score (nSPS) is 21.7. The molecule has 2 aromatic carbocycles. The summed E-state index contributed by atoms with van der Waals surface area (Å²) in [7, 11) is 4.42. The number of urea groups is 1. The number of rotatable bonds is 31. The molecule has 6 aromatic rings. The Morgan fingerprint density at radius 3 is 2.30 bits per heavy atom. The van der Waals surface area contributed by atoms with Gasteiger partial charge in [0.25, 0.3) is 11.8 Å². The summed E-state index contributed by atoms with van der Waals surface area (Å²) in [6, 6.07) is 18.1. The van der Waals surface area contributed by atoms with Crippen LogP contribution in [0.3, 0.4) is 0 Å². The molecule has 4 fully saturated rings. The van der Waals surface area contributed by atoms with E-state index in [9.17, 15) is 38.7 Å². The fraction of sp³-hybridized carbons (Fsp3) is 0.521. The average molecular weight is 1350 g/mol. The number of aromatic nitrogens is 6. The van der Waals surface area contributed by atoms with Crippen LogP contribution in [0.25, 0.3) is 21.3 Å². The van der Waals surface area contributed by atoms with Gasteiger partial charge in [-0.15, -0.1) is 10.2 Å². The third kappa shape index (κ3) is 16.5. The number of hydrogen-bond donors (Lipinski definition) is 7. The predicted octanol–water partition coefficient (Wildman–Crippen LogP) is 8.88. The van der Waals surface area contributed by atoms with Crippen LogP contribution in [0, 0.1) is 41.9 Å². The second-order valence-electron chi connectivity index (χ2n) is 29.4. The molecule has 0 radical (unpaired) electrons. The van der Waals surface area contributed by atoms with E-state index in [1.54, 1.807) is 17.5 Å². The summed E-state index contributed by atoms with van der Waals surface area (Å²) in [5, 5.41) is 40.6. The SMILES string of the molecule is Cc1c(Nc2nc3ccccc3s2)nnc2c1CCCN2c1ccc(-c2cnn(CC34CC5(OCC[N+](C)(C)Cc6ccc(NC(=O)C[C@H](CCCNC(N)=O)CNC(=O)[C@@H](NC(=O)CCOCCN7C(=O)C=CC7=O)C(C)C)cc6)C[C@](C)(C3)C[C@](C)(C4)C5)c2C)c(C(=O)O)n1. The minimum atomic E-state index is -1.12. The van der Waals surface area contributed by atoms with Crippen molar-refractivity contribution in [2.24, 2.45) is 33.8 Å². The number of amides is 7. The number of aromatic carboxylic acids is 1. The Balaban J connectivity index is 0.675. The minimum absolute atomic E-state index is 0.0250. The number of benzene rings is 2. The van der Waals surface area contributed by atoms with Crippen LogP contribution in [0.1, 0.15) is 131 Å². The van der Waals surface area contributed by atoms with E-state index in [0.29, 0.717) is 72.3 Å². The highest BCUT2D eigenvalue weighted by atomic mass is 32.1. The number of fused-ring (bicyclic) bond motifs is 2. The van der Waals surface area contributed by atoms with Crippen LogP contribution >= 0.6 is 11.3 Å². The Kier molecular flexibility index (Phi) is 20.7. The number of carbonyl (C=O) groups excluding carboxylic acids is 6. The molecule has 8 N–H and O–H groups in total. The number of imide groups is 1. The zero-order valence-corrected chi connectivity index (χ0v) is 57.7. The van der Waals surface area contributed by atoms with Crippen molar-refractivity contribution in [1.82, 2.24) is 50.8 Å². The van der Waals surface area contributed by atoms with E-state index in [1.807, 2.05) is 93.3 Å². The van der Waals surface area contributed by atoms with Crippen molar-refractivity contribution in [2.75, 3.05) is 82.2 Å². The van der Waals surface area contributed by atoms with E-state index in [-0.39, 0.29) is 84.4 Å². The van der Waals surface area contributed by atoms with Crippen LogP contribution in [0.15, 0.2) is 79.0 Å². The molecule has 4 aromatic heterocycles. The van der Waals surface area contributed by atoms with E-state index in [4.69, 9.17) is 35.4 Å². The number of anilines is 5. The van der Waals surface area contributed by atoms with Gasteiger partial charge in [0.05, 0.1) is 62.5 Å². The maximum absolute atomic E-state index is 13.6. The molecule has 4 bridgehead atoms. The first kappa shape index (κ1) is 69.6. The number of nitrogens with zero attached hydrogens (tertiary/aromatic N) is 9. The van der Waals surface area contributed by atoms with E-state index in [2.05, 4.69) is 64.3 Å². The molecule has 6 heterocycles. The second kappa shape index (κ2) is 28.8. The zero-order chi connectivity index (χ0) is 69.0. The number of nitrogens with one attached hydrogen (secondary N) is 5. The van der Waals surface area contributed by atoms with Gasteiger partial charge in [0, 0.05) is 90.4 Å². The van der Waals surface area contributed by atoms with Crippen LogP contribution in [-0.4, -0.2) is 164 Å². The number of carboxylic acids is 1. The summed E-state index contributed by atoms with van der Waals surface area (Å²) in [6.45, 7) is 16.6. The van der Waals surface area contributed by atoms with Gasteiger partial charge in [-0.3, -0.25) is 33.6 Å². The first-order valence-corrected chi connectivity index (χ1v) is 34.6. The van der Waals surface area contributed by atoms with Crippen molar-refractivity contribution in [2.45, 2.75) is 143 Å². The molecule has 26 heteroatoms. The zero-order valence-electron chi connectivity index (χ0n) is 56.9. The molecule has 0 spiro atoms. The number of quaternary nitrogens is 1. The summed E-state index contributed by atoms with van der Waals surface area (Å²) < 4.78 is 16.6. The molecule has 4 saturated carbocycles. The standard InChI is InChI=1S/C71H91N15O10S/c1-44(2)60(79-56(87)25-30-95-31-28-84-58(89)23-24-59(84)90)64(91)74-34-48(13-11-26-73-66(72)94)33-57(88)76-49-19-17-47(18-20-49)36-86(7,8)29-32-96-71-40-68(5)37-69(6,41-71)39-70(38-68,42-71)43-85-46(4)52(35-75-85)51-21-22-55(78-61(51)65(92)93)83-27-12-14-50-45(3)62(81-82-63(50)83)80-67-77-53-15-9-10-16-54(53)97-67/h9-10,15-24,35,44,48,60H,11-14,25-34,36-43H2,1-8H3,(H7-,72,73,74,76,77,79,80,81,87,88,91,92,93,94)/p+1/t48-,60-,68-,69+,70?,71?/m0/s1. The quantitative estimate of drug-likeness (QED) is 0.0121. The molecular formula is C71H92N15O10S+. The van der Waals surface area contributed by atoms with Gasteiger partial charge in [-0.1, -0.05) is 63.3 Å². The van der Waals surface area contributed by atoms with Crippen molar-refractivity contribution in [3.8, 4) is 11.1 Å². The summed E-state index contributed by atoms with van der Waals surface area (Å²) in [5.41, 5.74) is 11.9. The van der Waals surface area contributed by atoms with Crippen molar-refractivity contribution in [1.29, 1.82) is 0 Å². The molecule has 516 valence electrons. The summed E-state index contributed by atoms with van der Waals surface area (Å²) >= 11 is 1.56. The lowest BCUT2D eigenvalue weighted by atomic mass is 9.39. The van der Waals surface area contributed by atoms with E-state index in [1.165, 1.54) is 12.2 Å². The lowest BCUT2D eigenvalue weighted by Gasteiger charge is -2.69. The fourth-order valence-electron chi connectivity index (χ4n) is 16.6. The van der Waals surface area contributed by atoms with E-state index < -0.39 is 41.7 Å². The van der Waals surface area contributed by atoms with Crippen LogP contribution in [-0.2, 0) is 53.0 Å². The number of thiazole rings is 1. The number of para-hydroxylation sites is 1. The van der Waals surface area contributed by atoms with Crippen LogP contribution < -0.4 is 37.2 Å². The third-order valence-corrected chi connectivity index (χ3v) is 20.9. The molecule has 97 heavy (non-hydrogen) atoms. The third-order valence-electron chi connectivity index (χ3n) is 20.0. The molecule has 7 amide bonds. The molecule has 4 aliphatic carbocycles. The van der Waals surface area contributed by atoms with Gasteiger partial charge in [0.15, 0.2) is 22.5 Å². The average Bonchev–Trinajstić information content (AvgIpc) is 1.10. The first-order chi connectivity index (χ1) is 46.2. The van der Waals surface area contributed by atoms with Gasteiger partial charge in [-0.25, -0.2) is 19.6 Å². The van der Waals surface area contributed by atoms with Gasteiger partial charge in [-0.2, -0.15) is 5.10 Å². The Labute approximate surface area is 569 Å². The Hall–Kier alpha value is -8.72. The maximum Gasteiger partial charge on any atom is 0.355 e. The highest BCUT2D eigenvalue weighted by Gasteiger charge is 2.66. The van der Waals surface area contributed by atoms with Gasteiger partial charge in [0.2, 0.25) is 17.7 Å². The molecule has 6 atom stereocenters. The number of carboxylic acid groups (broad SMARTS) is 1. The van der Waals surface area contributed by atoms with Crippen LogP contribution in [0.4, 0.5) is 33.1 Å². The molecule has 0 saturated heterocycles. The Morgan fingerprint density at radius 1 is 0.845 bits per heavy atom. The number of primary amides is 1. The smallest absolute Gasteiger partial charge is 0.355 e. The van der Waals surface area contributed by atoms with Crippen molar-refractivity contribution in [3.63, 3.8) is 0 Å². The summed E-state index contributed by atoms with van der Waals surface area (Å²) in [4.78, 5) is 101. The predicted molar refractivity (Wildman–Crippen MR) is 369 cm³/mol. The Morgan fingerprint density at radius 2 is 1.59 bits per heavy atom. The number of likely N-dealkylation sites (N-methyl/N-ethyl adjacent to an activating group) is 1. The number of ether oxygens (including phenoxy) is 2. The second-order valence-corrected chi connectivity index (χ2v) is 30.4. The molecular weight excluding hydrogens is 1250 g/mol. The van der Waals surface area contributed by atoms with Gasteiger partial charge < -0.3 is 56.3 Å².